The van der Waals surface area contributed by atoms with E-state index in [1.165, 1.54) is 0 Å². The minimum absolute atomic E-state index is 0.118. The quantitative estimate of drug-likeness (QED) is 0.186. The lowest BCUT2D eigenvalue weighted by molar-refractivity contribution is 1.28. The van der Waals surface area contributed by atoms with E-state index >= 15 is 0 Å². The molecular formula is C44H31N. The van der Waals surface area contributed by atoms with Crippen molar-refractivity contribution in [3.63, 3.8) is 0 Å². The number of fused-ring (bicyclic) bond motifs is 2. The molecule has 0 aliphatic carbocycles. The first-order chi connectivity index (χ1) is 29.4. The Kier molecular flexibility index (Phi) is 3.68. The molecule has 8 aromatic carbocycles. The van der Waals surface area contributed by atoms with Crippen LogP contribution in [0.2, 0.25) is 0 Å². The SMILES string of the molecule is [2H]c1c([2H])c([2H])c(-c2c([2H])c([2H])c(N(c3c([2H])c([2H])c(-c4cccc5ccccc45)c([2H])c3[2H])c3c([2H])c([2H])c([2H])c(-c4cccc5ccccc45)c3[2H])c([2H])c2[2H])c([2H])c1[2H]. The Morgan fingerprint density at radius 3 is 1.47 bits per heavy atom. The normalized spacial score (nSPS) is 16.4. The second kappa shape index (κ2) is 11.6. The molecule has 0 atom stereocenters. The Balaban J connectivity index is 1.53. The van der Waals surface area contributed by atoms with Crippen molar-refractivity contribution in [2.24, 2.45) is 0 Å². The summed E-state index contributed by atoms with van der Waals surface area (Å²) < 4.78 is 154. The second-order valence-corrected chi connectivity index (χ2v) is 10.1. The van der Waals surface area contributed by atoms with Crippen LogP contribution in [0.1, 0.15) is 23.3 Å². The molecule has 0 fully saturated rings. The van der Waals surface area contributed by atoms with Crippen molar-refractivity contribution in [1.29, 1.82) is 0 Å². The van der Waals surface area contributed by atoms with Crippen molar-refractivity contribution < 1.29 is 23.3 Å². The molecule has 0 N–H and O–H groups in total. The summed E-state index contributed by atoms with van der Waals surface area (Å²) >= 11 is 0. The van der Waals surface area contributed by atoms with Gasteiger partial charge in [0, 0.05) is 17.1 Å². The molecule has 8 aromatic rings. The molecule has 0 heterocycles. The van der Waals surface area contributed by atoms with Gasteiger partial charge in [0.2, 0.25) is 0 Å². The Morgan fingerprint density at radius 2 is 0.844 bits per heavy atom. The van der Waals surface area contributed by atoms with Crippen LogP contribution in [-0.4, -0.2) is 0 Å². The van der Waals surface area contributed by atoms with Crippen LogP contribution < -0.4 is 4.90 Å². The molecule has 0 saturated heterocycles. The molecule has 0 radical (unpaired) electrons. The van der Waals surface area contributed by atoms with E-state index in [2.05, 4.69) is 0 Å². The number of benzene rings is 8. The lowest BCUT2D eigenvalue weighted by Crippen LogP contribution is -2.10. The molecule has 1 nitrogen and oxygen atoms in total. The van der Waals surface area contributed by atoms with Gasteiger partial charge < -0.3 is 4.90 Å². The molecule has 45 heavy (non-hydrogen) atoms. The Bertz CT molecular complexity index is 3140. The summed E-state index contributed by atoms with van der Waals surface area (Å²) in [7, 11) is 0. The molecular weight excluding hydrogens is 542 g/mol. The van der Waals surface area contributed by atoms with E-state index in [9.17, 15) is 13.7 Å². The zero-order valence-corrected chi connectivity index (χ0v) is 23.5. The molecule has 0 amide bonds. The lowest BCUT2D eigenvalue weighted by Gasteiger charge is -2.26. The zero-order chi connectivity index (χ0) is 44.8. The van der Waals surface area contributed by atoms with E-state index in [1.807, 2.05) is 12.1 Å². The molecule has 0 spiro atoms. The second-order valence-electron chi connectivity index (χ2n) is 10.1. The Hall–Kier alpha value is -5.92. The van der Waals surface area contributed by atoms with Gasteiger partial charge in [-0.3, -0.25) is 0 Å². The van der Waals surface area contributed by atoms with Crippen LogP contribution in [0.5, 0.6) is 0 Å². The van der Waals surface area contributed by atoms with Crippen LogP contribution in [0.3, 0.4) is 0 Å². The molecule has 0 aromatic heterocycles. The maximum absolute atomic E-state index is 9.72. The van der Waals surface area contributed by atoms with Gasteiger partial charge in [-0.05, 0) is 91.2 Å². The minimum atomic E-state index is -0.963. The minimum Gasteiger partial charge on any atom is -0.310 e. The molecule has 212 valence electrons. The lowest BCUT2D eigenvalue weighted by atomic mass is 9.97. The summed E-state index contributed by atoms with van der Waals surface area (Å²) in [6.45, 7) is 0. The average Bonchev–Trinajstić information content (AvgIpc) is 3.27. The highest BCUT2D eigenvalue weighted by atomic mass is 15.1. The Morgan fingerprint density at radius 1 is 0.356 bits per heavy atom. The van der Waals surface area contributed by atoms with Crippen LogP contribution in [0.4, 0.5) is 17.1 Å². The van der Waals surface area contributed by atoms with Gasteiger partial charge in [-0.25, -0.2) is 0 Å². The number of rotatable bonds is 6. The summed E-state index contributed by atoms with van der Waals surface area (Å²) in [5.74, 6) is 0. The monoisotopic (exact) mass is 590 g/mol. The van der Waals surface area contributed by atoms with E-state index in [0.29, 0.717) is 21.7 Å². The van der Waals surface area contributed by atoms with Crippen LogP contribution in [0, 0.1) is 0 Å². The maximum atomic E-state index is 9.72. The predicted molar refractivity (Wildman–Crippen MR) is 192 cm³/mol. The molecule has 0 aliphatic rings. The third-order valence-corrected chi connectivity index (χ3v) is 7.37. The summed E-state index contributed by atoms with van der Waals surface area (Å²) in [4.78, 5) is 0.719. The van der Waals surface area contributed by atoms with Gasteiger partial charge in [-0.1, -0.05) is 151 Å². The average molecular weight is 591 g/mol. The highest BCUT2D eigenvalue weighted by Crippen LogP contribution is 2.40. The topological polar surface area (TPSA) is 3.24 Å². The van der Waals surface area contributed by atoms with E-state index in [1.54, 1.807) is 72.8 Å². The zero-order valence-electron chi connectivity index (χ0n) is 40.5. The molecule has 0 bridgehead atoms. The largest absolute Gasteiger partial charge is 0.310 e. The molecule has 8 rings (SSSR count). The summed E-state index contributed by atoms with van der Waals surface area (Å²) in [6, 6.07) is 11.1. The van der Waals surface area contributed by atoms with Gasteiger partial charge in [-0.15, -0.1) is 0 Å². The van der Waals surface area contributed by atoms with Gasteiger partial charge in [0.1, 0.15) is 0 Å². The van der Waals surface area contributed by atoms with Gasteiger partial charge in [-0.2, -0.15) is 0 Å². The first-order valence-corrected chi connectivity index (χ1v) is 14.1. The van der Waals surface area contributed by atoms with Crippen LogP contribution >= 0.6 is 0 Å². The number of hydrogen-bond acceptors (Lipinski definition) is 1. The Labute approximate surface area is 288 Å². The van der Waals surface area contributed by atoms with Gasteiger partial charge in [0.25, 0.3) is 0 Å². The highest BCUT2D eigenvalue weighted by molar-refractivity contribution is 5.98. The smallest absolute Gasteiger partial charge is 0.0651 e. The van der Waals surface area contributed by atoms with Gasteiger partial charge in [0.05, 0.1) is 23.3 Å². The summed E-state index contributed by atoms with van der Waals surface area (Å²) in [6.07, 6.45) is 0. The molecule has 1 heteroatoms. The van der Waals surface area contributed by atoms with Crippen molar-refractivity contribution in [2.75, 3.05) is 4.90 Å². The van der Waals surface area contributed by atoms with Crippen LogP contribution in [0.25, 0.3) is 54.9 Å². The molecule has 0 saturated carbocycles. The van der Waals surface area contributed by atoms with Crippen molar-refractivity contribution in [3.05, 3.63) is 188 Å². The van der Waals surface area contributed by atoms with Gasteiger partial charge in [0.15, 0.2) is 0 Å². The first-order valence-electron chi connectivity index (χ1n) is 22.6. The summed E-state index contributed by atoms with van der Waals surface area (Å²) in [5.41, 5.74) is -3.15. The van der Waals surface area contributed by atoms with Crippen molar-refractivity contribution >= 4 is 38.6 Å². The third kappa shape index (κ3) is 5.15. The fourth-order valence-electron chi connectivity index (χ4n) is 5.27. The van der Waals surface area contributed by atoms with Crippen molar-refractivity contribution in [3.8, 4) is 33.4 Å². The predicted octanol–water partition coefficient (Wildman–Crippen LogP) is 12.5. The van der Waals surface area contributed by atoms with E-state index in [-0.39, 0.29) is 16.7 Å². The van der Waals surface area contributed by atoms with Crippen LogP contribution in [-0.2, 0) is 0 Å². The fraction of sp³-hybridized carbons (Fsp3) is 0. The number of hydrogen-bond donors (Lipinski definition) is 0. The van der Waals surface area contributed by atoms with Crippen LogP contribution in [0.15, 0.2) is 188 Å². The summed E-state index contributed by atoms with van der Waals surface area (Å²) in [5, 5.41) is 2.61. The van der Waals surface area contributed by atoms with Crippen molar-refractivity contribution in [2.45, 2.75) is 0 Å². The maximum Gasteiger partial charge on any atom is 0.0651 e. The van der Waals surface area contributed by atoms with Crippen molar-refractivity contribution in [1.82, 2.24) is 0 Å². The van der Waals surface area contributed by atoms with E-state index < -0.39 is 131 Å². The highest BCUT2D eigenvalue weighted by Gasteiger charge is 2.15. The van der Waals surface area contributed by atoms with Gasteiger partial charge >= 0.3 is 0 Å². The number of nitrogens with zero attached hydrogens (tertiary/aromatic N) is 1. The third-order valence-electron chi connectivity index (χ3n) is 7.37. The first kappa shape index (κ1) is 14.2. The standard InChI is InChI=1S/C44H31N/c1-2-11-32(12-3-1)33-23-27-38(28-24-33)45(39-29-25-36(26-30-39)43-21-9-15-34-13-4-6-19-41(34)43)40-18-8-17-37(31-40)44-22-10-16-35-14-5-7-20-42(35)44/h1-31H/i1D,2D,3D,8D,11D,12D,17D,18D,23D,24D,25D,26D,27D,28D,29D,30D,31D. The number of anilines is 3. The molecule has 0 aliphatic heterocycles. The fourth-order valence-corrected chi connectivity index (χ4v) is 5.27. The van der Waals surface area contributed by atoms with E-state index in [0.717, 1.165) is 10.3 Å². The van der Waals surface area contributed by atoms with E-state index in [4.69, 9.17) is 9.60 Å². The molecule has 0 unspecified atom stereocenters.